The summed E-state index contributed by atoms with van der Waals surface area (Å²) in [6.45, 7) is 0. The van der Waals surface area contributed by atoms with E-state index in [1.165, 1.54) is 7.11 Å². The van der Waals surface area contributed by atoms with E-state index in [2.05, 4.69) is 0 Å². The quantitative estimate of drug-likeness (QED) is 0.856. The summed E-state index contributed by atoms with van der Waals surface area (Å²) >= 11 is 0. The van der Waals surface area contributed by atoms with Gasteiger partial charge in [0.2, 0.25) is 5.75 Å². The highest BCUT2D eigenvalue weighted by molar-refractivity contribution is 5.51. The minimum absolute atomic E-state index is 0.00820. The number of hydrogen-bond acceptors (Lipinski definition) is 3. The first-order chi connectivity index (χ1) is 7.81. The van der Waals surface area contributed by atoms with Gasteiger partial charge in [-0.15, -0.1) is 0 Å². The minimum Gasteiger partial charge on any atom is -0.502 e. The molecule has 0 spiro atoms. The average Bonchev–Trinajstić information content (AvgIpc) is 2.33. The van der Waals surface area contributed by atoms with Crippen molar-refractivity contribution in [2.24, 2.45) is 0 Å². The Labute approximate surface area is 93.9 Å². The second-order valence-electron chi connectivity index (χ2n) is 3.22. The molecule has 0 aromatic heterocycles. The number of ether oxygens (including phenoxy) is 2. The summed E-state index contributed by atoms with van der Waals surface area (Å²) in [6, 6.07) is 14.4. The molecular formula is C13H12O3. The summed E-state index contributed by atoms with van der Waals surface area (Å²) in [5.41, 5.74) is 0. The van der Waals surface area contributed by atoms with Crippen molar-refractivity contribution in [1.82, 2.24) is 0 Å². The van der Waals surface area contributed by atoms with Crippen LogP contribution in [0.2, 0.25) is 0 Å². The van der Waals surface area contributed by atoms with E-state index in [9.17, 15) is 5.11 Å². The van der Waals surface area contributed by atoms with Gasteiger partial charge >= 0.3 is 0 Å². The van der Waals surface area contributed by atoms with Crippen molar-refractivity contribution in [1.29, 1.82) is 0 Å². The number of methoxy groups -OCH3 is 1. The molecule has 0 atom stereocenters. The largest absolute Gasteiger partial charge is 0.502 e. The second-order valence-corrected chi connectivity index (χ2v) is 3.22. The minimum atomic E-state index is 0.00820. The van der Waals surface area contributed by atoms with Crippen molar-refractivity contribution < 1.29 is 14.6 Å². The van der Waals surface area contributed by atoms with Gasteiger partial charge in [0, 0.05) is 0 Å². The monoisotopic (exact) mass is 216 g/mol. The highest BCUT2D eigenvalue weighted by Gasteiger charge is 2.08. The Hall–Kier alpha value is -2.16. The van der Waals surface area contributed by atoms with Crippen LogP contribution in [-0.4, -0.2) is 12.2 Å². The van der Waals surface area contributed by atoms with Gasteiger partial charge in [-0.2, -0.15) is 0 Å². The van der Waals surface area contributed by atoms with Crippen LogP contribution in [0.3, 0.4) is 0 Å². The molecule has 1 N–H and O–H groups in total. The number of para-hydroxylation sites is 2. The van der Waals surface area contributed by atoms with Crippen LogP contribution in [0.4, 0.5) is 0 Å². The number of hydrogen-bond donors (Lipinski definition) is 1. The zero-order valence-corrected chi connectivity index (χ0v) is 8.88. The molecule has 0 heterocycles. The van der Waals surface area contributed by atoms with Gasteiger partial charge < -0.3 is 14.6 Å². The summed E-state index contributed by atoms with van der Waals surface area (Å²) in [6.07, 6.45) is 0. The molecular weight excluding hydrogens is 204 g/mol. The van der Waals surface area contributed by atoms with E-state index in [0.29, 0.717) is 17.2 Å². The molecule has 3 heteroatoms. The van der Waals surface area contributed by atoms with Crippen LogP contribution in [0.15, 0.2) is 48.5 Å². The fourth-order valence-corrected chi connectivity index (χ4v) is 1.36. The van der Waals surface area contributed by atoms with E-state index in [1.807, 2.05) is 30.3 Å². The molecule has 0 saturated heterocycles. The van der Waals surface area contributed by atoms with E-state index < -0.39 is 0 Å². The summed E-state index contributed by atoms with van der Waals surface area (Å²) < 4.78 is 10.5. The molecule has 0 aliphatic carbocycles. The lowest BCUT2D eigenvalue weighted by atomic mass is 10.3. The van der Waals surface area contributed by atoms with Crippen molar-refractivity contribution in [3.8, 4) is 23.0 Å². The lowest BCUT2D eigenvalue weighted by molar-refractivity contribution is 0.354. The standard InChI is InChI=1S/C13H12O3/c1-15-11-8-5-9-12(13(11)14)16-10-6-3-2-4-7-10/h2-9,14H,1H3. The first kappa shape index (κ1) is 10.4. The molecule has 3 nitrogen and oxygen atoms in total. The van der Waals surface area contributed by atoms with Gasteiger partial charge in [0.05, 0.1) is 7.11 Å². The van der Waals surface area contributed by atoms with Gasteiger partial charge in [-0.1, -0.05) is 24.3 Å². The number of phenolic OH excluding ortho intramolecular Hbond substituents is 1. The van der Waals surface area contributed by atoms with E-state index in [0.717, 1.165) is 0 Å². The molecule has 16 heavy (non-hydrogen) atoms. The van der Waals surface area contributed by atoms with Gasteiger partial charge in [0.15, 0.2) is 11.5 Å². The summed E-state index contributed by atoms with van der Waals surface area (Å²) in [7, 11) is 1.50. The average molecular weight is 216 g/mol. The maximum Gasteiger partial charge on any atom is 0.201 e. The fraction of sp³-hybridized carbons (Fsp3) is 0.0769. The Morgan fingerprint density at radius 2 is 1.56 bits per heavy atom. The third-order valence-corrected chi connectivity index (χ3v) is 2.15. The van der Waals surface area contributed by atoms with Crippen LogP contribution in [0.25, 0.3) is 0 Å². The second kappa shape index (κ2) is 4.57. The molecule has 0 radical (unpaired) electrons. The molecule has 0 unspecified atom stereocenters. The Morgan fingerprint density at radius 1 is 0.875 bits per heavy atom. The first-order valence-corrected chi connectivity index (χ1v) is 4.90. The van der Waals surface area contributed by atoms with Crippen molar-refractivity contribution in [3.63, 3.8) is 0 Å². The Bertz CT molecular complexity index is 466. The van der Waals surface area contributed by atoms with Crippen LogP contribution in [0, 0.1) is 0 Å². The number of aromatic hydroxyl groups is 1. The van der Waals surface area contributed by atoms with Crippen LogP contribution < -0.4 is 9.47 Å². The van der Waals surface area contributed by atoms with Crippen molar-refractivity contribution in [2.75, 3.05) is 7.11 Å². The number of benzene rings is 2. The molecule has 0 saturated carbocycles. The summed E-state index contributed by atoms with van der Waals surface area (Å²) in [5.74, 6) is 1.46. The number of rotatable bonds is 3. The molecule has 0 amide bonds. The van der Waals surface area contributed by atoms with Gasteiger partial charge in [0.25, 0.3) is 0 Å². The van der Waals surface area contributed by atoms with Crippen LogP contribution in [-0.2, 0) is 0 Å². The molecule has 0 bridgehead atoms. The van der Waals surface area contributed by atoms with Crippen molar-refractivity contribution in [2.45, 2.75) is 0 Å². The number of phenols is 1. The fourth-order valence-electron chi connectivity index (χ4n) is 1.36. The molecule has 0 fully saturated rings. The SMILES string of the molecule is COc1cccc(Oc2ccccc2)c1O. The molecule has 0 aliphatic heterocycles. The molecule has 2 aromatic rings. The smallest absolute Gasteiger partial charge is 0.201 e. The predicted molar refractivity (Wildman–Crippen MR) is 61.2 cm³/mol. The first-order valence-electron chi connectivity index (χ1n) is 4.90. The Kier molecular flexibility index (Phi) is 2.96. The molecule has 2 rings (SSSR count). The molecule has 82 valence electrons. The van der Waals surface area contributed by atoms with Crippen molar-refractivity contribution >= 4 is 0 Å². The van der Waals surface area contributed by atoms with Crippen molar-refractivity contribution in [3.05, 3.63) is 48.5 Å². The van der Waals surface area contributed by atoms with Crippen LogP contribution in [0.1, 0.15) is 0 Å². The van der Waals surface area contributed by atoms with E-state index in [1.54, 1.807) is 18.2 Å². The lowest BCUT2D eigenvalue weighted by Crippen LogP contribution is -1.88. The lowest BCUT2D eigenvalue weighted by Gasteiger charge is -2.09. The van der Waals surface area contributed by atoms with E-state index in [-0.39, 0.29) is 5.75 Å². The Balaban J connectivity index is 2.28. The normalized spacial score (nSPS) is 9.81. The molecule has 0 aliphatic rings. The maximum atomic E-state index is 9.80. The summed E-state index contributed by atoms with van der Waals surface area (Å²) in [5, 5.41) is 9.80. The third-order valence-electron chi connectivity index (χ3n) is 2.15. The van der Waals surface area contributed by atoms with Crippen LogP contribution in [0.5, 0.6) is 23.0 Å². The third kappa shape index (κ3) is 2.08. The topological polar surface area (TPSA) is 38.7 Å². The van der Waals surface area contributed by atoms with E-state index >= 15 is 0 Å². The highest BCUT2D eigenvalue weighted by atomic mass is 16.5. The van der Waals surface area contributed by atoms with E-state index in [4.69, 9.17) is 9.47 Å². The predicted octanol–water partition coefficient (Wildman–Crippen LogP) is 3.19. The zero-order chi connectivity index (χ0) is 11.4. The Morgan fingerprint density at radius 3 is 2.25 bits per heavy atom. The maximum absolute atomic E-state index is 9.80. The molecule has 2 aromatic carbocycles. The van der Waals surface area contributed by atoms with Gasteiger partial charge in [-0.25, -0.2) is 0 Å². The van der Waals surface area contributed by atoms with Gasteiger partial charge in [-0.3, -0.25) is 0 Å². The van der Waals surface area contributed by atoms with Gasteiger partial charge in [-0.05, 0) is 24.3 Å². The van der Waals surface area contributed by atoms with Crippen LogP contribution >= 0.6 is 0 Å². The zero-order valence-electron chi connectivity index (χ0n) is 8.88. The van der Waals surface area contributed by atoms with Gasteiger partial charge in [0.1, 0.15) is 5.75 Å². The highest BCUT2D eigenvalue weighted by Crippen LogP contribution is 2.37. The summed E-state index contributed by atoms with van der Waals surface area (Å²) in [4.78, 5) is 0.